The maximum Gasteiger partial charge on any atom is 0.0905 e. The molecule has 0 unspecified atom stereocenters. The quantitative estimate of drug-likeness (QED) is 0.568. The fourth-order valence-electron chi connectivity index (χ4n) is 0.823. The molecule has 0 saturated carbocycles. The van der Waals surface area contributed by atoms with Gasteiger partial charge in [0, 0.05) is 6.54 Å². The van der Waals surface area contributed by atoms with E-state index >= 15 is 0 Å². The fourth-order valence-corrected chi connectivity index (χ4v) is 0.823. The van der Waals surface area contributed by atoms with Gasteiger partial charge in [0.15, 0.2) is 0 Å². The molecule has 1 rings (SSSR count). The summed E-state index contributed by atoms with van der Waals surface area (Å²) in [4.78, 5) is 3.94. The molecule has 2 nitrogen and oxygen atoms in total. The molecule has 78 valence electrons. The monoisotopic (exact) mass is 192 g/mol. The second-order valence-corrected chi connectivity index (χ2v) is 3.18. The van der Waals surface area contributed by atoms with E-state index in [0.717, 1.165) is 13.0 Å². The summed E-state index contributed by atoms with van der Waals surface area (Å²) in [7, 11) is 0. The molecule has 0 radical (unpaired) electrons. The van der Waals surface area contributed by atoms with E-state index in [1.165, 1.54) is 5.56 Å². The van der Waals surface area contributed by atoms with E-state index in [1.807, 2.05) is 18.2 Å². The number of aliphatic imine (C=N–C) groups is 1. The van der Waals surface area contributed by atoms with Crippen molar-refractivity contribution in [1.82, 2.24) is 0 Å². The molecular formula is C12H20N2. The van der Waals surface area contributed by atoms with Crippen LogP contribution in [0.2, 0.25) is 0 Å². The molecule has 14 heavy (non-hydrogen) atoms. The Balaban J connectivity index is 0.000000241. The van der Waals surface area contributed by atoms with Crippen molar-refractivity contribution in [2.24, 2.45) is 10.7 Å². The first-order valence-corrected chi connectivity index (χ1v) is 4.95. The molecule has 2 N–H and O–H groups in total. The van der Waals surface area contributed by atoms with Gasteiger partial charge in [-0.05, 0) is 20.3 Å². The largest absolute Gasteiger partial charge is 0.388 e. The second-order valence-electron chi connectivity index (χ2n) is 3.18. The lowest BCUT2D eigenvalue weighted by atomic mass is 10.2. The second kappa shape index (κ2) is 8.30. The van der Waals surface area contributed by atoms with Crippen LogP contribution < -0.4 is 5.73 Å². The molecule has 0 atom stereocenters. The minimum absolute atomic E-state index is 0.682. The lowest BCUT2D eigenvalue weighted by Crippen LogP contribution is -2.05. The summed E-state index contributed by atoms with van der Waals surface area (Å²) < 4.78 is 0. The number of rotatable bonds is 2. The molecule has 2 heteroatoms. The Morgan fingerprint density at radius 2 is 1.86 bits per heavy atom. The highest BCUT2D eigenvalue weighted by molar-refractivity contribution is 5.77. The van der Waals surface area contributed by atoms with E-state index in [4.69, 9.17) is 5.73 Å². The van der Waals surface area contributed by atoms with E-state index in [9.17, 15) is 0 Å². The van der Waals surface area contributed by atoms with Crippen molar-refractivity contribution < 1.29 is 0 Å². The summed E-state index contributed by atoms with van der Waals surface area (Å²) in [5.74, 6) is 0.682. The maximum atomic E-state index is 5.23. The van der Waals surface area contributed by atoms with Crippen LogP contribution in [0, 0.1) is 6.92 Å². The average Bonchev–Trinajstić information content (AvgIpc) is 2.17. The first-order chi connectivity index (χ1) is 6.66. The zero-order valence-corrected chi connectivity index (χ0v) is 9.33. The highest BCUT2D eigenvalue weighted by Crippen LogP contribution is 1.92. The van der Waals surface area contributed by atoms with Crippen LogP contribution in [0.5, 0.6) is 0 Å². The summed E-state index contributed by atoms with van der Waals surface area (Å²) in [5, 5.41) is 0. The van der Waals surface area contributed by atoms with Gasteiger partial charge >= 0.3 is 0 Å². The first kappa shape index (κ1) is 12.7. The van der Waals surface area contributed by atoms with Crippen LogP contribution >= 0.6 is 0 Å². The fraction of sp³-hybridized carbons (Fsp3) is 0.417. The summed E-state index contributed by atoms with van der Waals surface area (Å²) in [6.07, 6.45) is 1.08. The van der Waals surface area contributed by atoms with Crippen molar-refractivity contribution in [3.63, 3.8) is 0 Å². The van der Waals surface area contributed by atoms with Crippen molar-refractivity contribution in [2.45, 2.75) is 27.2 Å². The molecule has 0 bridgehead atoms. The standard InChI is InChI=1S/C7H8.C5H12N2/c1-7-5-3-2-4-6-7;1-3-4-7-5(2)6/h2-6H,1H3;3-4H2,1-2H3,(H2,6,7). The average molecular weight is 192 g/mol. The molecule has 0 amide bonds. The van der Waals surface area contributed by atoms with Gasteiger partial charge in [-0.1, -0.05) is 42.8 Å². The number of benzene rings is 1. The molecule has 0 aliphatic carbocycles. The third-order valence-electron chi connectivity index (χ3n) is 1.53. The predicted octanol–water partition coefficient (Wildman–Crippen LogP) is 2.77. The Morgan fingerprint density at radius 1 is 1.29 bits per heavy atom. The van der Waals surface area contributed by atoms with Crippen LogP contribution in [0.4, 0.5) is 0 Å². The van der Waals surface area contributed by atoms with Crippen molar-refractivity contribution in [3.05, 3.63) is 35.9 Å². The Morgan fingerprint density at radius 3 is 2.07 bits per heavy atom. The van der Waals surface area contributed by atoms with Gasteiger partial charge in [0.2, 0.25) is 0 Å². The van der Waals surface area contributed by atoms with Gasteiger partial charge in [-0.25, -0.2) is 0 Å². The molecule has 0 aromatic heterocycles. The molecule has 0 saturated heterocycles. The molecule has 0 spiro atoms. The van der Waals surface area contributed by atoms with Gasteiger partial charge in [-0.15, -0.1) is 0 Å². The number of amidine groups is 1. The van der Waals surface area contributed by atoms with Crippen molar-refractivity contribution in [1.29, 1.82) is 0 Å². The van der Waals surface area contributed by atoms with Crippen LogP contribution in [0.3, 0.4) is 0 Å². The van der Waals surface area contributed by atoms with Crippen LogP contribution in [-0.2, 0) is 0 Å². The number of nitrogens with two attached hydrogens (primary N) is 1. The zero-order chi connectivity index (χ0) is 10.8. The smallest absolute Gasteiger partial charge is 0.0905 e. The maximum absolute atomic E-state index is 5.23. The van der Waals surface area contributed by atoms with Gasteiger partial charge in [0.25, 0.3) is 0 Å². The summed E-state index contributed by atoms with van der Waals surface area (Å²) in [5.41, 5.74) is 6.55. The molecule has 1 aromatic rings. The van der Waals surface area contributed by atoms with Gasteiger partial charge < -0.3 is 5.73 Å². The van der Waals surface area contributed by atoms with Gasteiger partial charge in [0.05, 0.1) is 5.84 Å². The number of hydrogen-bond acceptors (Lipinski definition) is 1. The van der Waals surface area contributed by atoms with Crippen molar-refractivity contribution in [2.75, 3.05) is 6.54 Å². The van der Waals surface area contributed by atoms with Crippen LogP contribution in [0.25, 0.3) is 0 Å². The van der Waals surface area contributed by atoms with Gasteiger partial charge in [0.1, 0.15) is 0 Å². The summed E-state index contributed by atoms with van der Waals surface area (Å²) in [6, 6.07) is 10.3. The predicted molar refractivity (Wildman–Crippen MR) is 63.6 cm³/mol. The molecular weight excluding hydrogens is 172 g/mol. The van der Waals surface area contributed by atoms with E-state index in [2.05, 4.69) is 31.0 Å². The van der Waals surface area contributed by atoms with Crippen molar-refractivity contribution >= 4 is 5.84 Å². The number of aryl methyl sites for hydroxylation is 1. The Kier molecular flexibility index (Phi) is 7.52. The Hall–Kier alpha value is -1.31. The molecule has 0 aliphatic heterocycles. The molecule has 1 aromatic carbocycles. The SMILES string of the molecule is CCCN=C(C)N.Cc1ccccc1. The summed E-state index contributed by atoms with van der Waals surface area (Å²) in [6.45, 7) is 6.82. The van der Waals surface area contributed by atoms with Crippen molar-refractivity contribution in [3.8, 4) is 0 Å². The normalized spacial score (nSPS) is 10.4. The molecule has 0 fully saturated rings. The Bertz CT molecular complexity index is 248. The lowest BCUT2D eigenvalue weighted by Gasteiger charge is -1.86. The van der Waals surface area contributed by atoms with E-state index < -0.39 is 0 Å². The molecule has 0 heterocycles. The number of nitrogens with zero attached hydrogens (tertiary/aromatic N) is 1. The topological polar surface area (TPSA) is 38.4 Å². The Labute approximate surface area is 86.9 Å². The third kappa shape index (κ3) is 8.78. The van der Waals surface area contributed by atoms with Gasteiger partial charge in [-0.2, -0.15) is 0 Å². The highest BCUT2D eigenvalue weighted by Gasteiger charge is 1.74. The summed E-state index contributed by atoms with van der Waals surface area (Å²) >= 11 is 0. The number of hydrogen-bond donors (Lipinski definition) is 1. The van der Waals surface area contributed by atoms with Crippen LogP contribution in [0.1, 0.15) is 25.8 Å². The van der Waals surface area contributed by atoms with Crippen LogP contribution in [-0.4, -0.2) is 12.4 Å². The third-order valence-corrected chi connectivity index (χ3v) is 1.53. The van der Waals surface area contributed by atoms with E-state index in [0.29, 0.717) is 5.84 Å². The zero-order valence-electron chi connectivity index (χ0n) is 9.33. The van der Waals surface area contributed by atoms with Crippen LogP contribution in [0.15, 0.2) is 35.3 Å². The molecule has 0 aliphatic rings. The first-order valence-electron chi connectivity index (χ1n) is 4.95. The minimum Gasteiger partial charge on any atom is -0.388 e. The lowest BCUT2D eigenvalue weighted by molar-refractivity contribution is 0.929. The highest BCUT2D eigenvalue weighted by atomic mass is 14.8. The van der Waals surface area contributed by atoms with E-state index in [1.54, 1.807) is 6.92 Å². The minimum atomic E-state index is 0.682. The van der Waals surface area contributed by atoms with Gasteiger partial charge in [-0.3, -0.25) is 4.99 Å². The van der Waals surface area contributed by atoms with E-state index in [-0.39, 0.29) is 0 Å².